The highest BCUT2D eigenvalue weighted by molar-refractivity contribution is 5.72. The van der Waals surface area contributed by atoms with Gasteiger partial charge in [-0.1, -0.05) is 11.8 Å². The number of benzene rings is 1. The molecule has 0 saturated carbocycles. The van der Waals surface area contributed by atoms with Crippen LogP contribution in [-0.2, 0) is 20.1 Å². The van der Waals surface area contributed by atoms with Gasteiger partial charge in [0.2, 0.25) is 0 Å². The van der Waals surface area contributed by atoms with Gasteiger partial charge in [0.25, 0.3) is 5.56 Å². The standard InChI is InChI=1S/C23H21N5O4/c1-5-13-28-22(29)20-21(27(23(28)30)14-7-6-12-24)25-19(26(20)2)11-9-16-8-10-17(31-3)18(15-16)32-4/h1,8,10,15H,6-7,13-14H2,2-4H3. The molecule has 0 atom stereocenters. The number of unbranched alkanes of at least 4 members (excludes halogenated alkanes) is 1. The molecule has 0 spiro atoms. The van der Waals surface area contributed by atoms with Gasteiger partial charge in [-0.2, -0.15) is 5.26 Å². The maximum absolute atomic E-state index is 12.9. The summed E-state index contributed by atoms with van der Waals surface area (Å²) in [7, 11) is 4.73. The average molecular weight is 431 g/mol. The lowest BCUT2D eigenvalue weighted by Gasteiger charge is -2.09. The Bertz CT molecular complexity index is 1430. The third-order valence-electron chi connectivity index (χ3n) is 4.86. The average Bonchev–Trinajstić information content (AvgIpc) is 3.13. The van der Waals surface area contributed by atoms with Gasteiger partial charge in [-0.25, -0.2) is 14.3 Å². The molecule has 0 N–H and O–H groups in total. The first-order valence-corrected chi connectivity index (χ1v) is 9.71. The molecule has 2 heterocycles. The number of hydrogen-bond donors (Lipinski definition) is 0. The Morgan fingerprint density at radius 1 is 1.12 bits per heavy atom. The van der Waals surface area contributed by atoms with Crippen LogP contribution in [0.25, 0.3) is 11.2 Å². The maximum Gasteiger partial charge on any atom is 0.333 e. The molecule has 162 valence electrons. The van der Waals surface area contributed by atoms with Crippen LogP contribution in [0.1, 0.15) is 24.2 Å². The summed E-state index contributed by atoms with van der Waals surface area (Å²) in [6, 6.07) is 7.29. The summed E-state index contributed by atoms with van der Waals surface area (Å²) in [5.74, 6) is 9.70. The second-order valence-corrected chi connectivity index (χ2v) is 6.78. The van der Waals surface area contributed by atoms with Gasteiger partial charge in [0.15, 0.2) is 28.5 Å². The fraction of sp³-hybridized carbons (Fsp3) is 0.304. The molecule has 3 rings (SSSR count). The Morgan fingerprint density at radius 3 is 2.53 bits per heavy atom. The molecule has 0 amide bonds. The van der Waals surface area contributed by atoms with Crippen LogP contribution >= 0.6 is 0 Å². The Labute approximate surface area is 184 Å². The van der Waals surface area contributed by atoms with Crippen LogP contribution in [0, 0.1) is 35.5 Å². The molecule has 0 bridgehead atoms. The van der Waals surface area contributed by atoms with E-state index in [0.29, 0.717) is 29.3 Å². The summed E-state index contributed by atoms with van der Waals surface area (Å²) in [5, 5.41) is 8.83. The SMILES string of the molecule is C#CCn1c(=O)c2c(nc(C#Cc3ccc(OC)c(OC)c3)n2C)n(CCCC#N)c1=O. The van der Waals surface area contributed by atoms with Crippen LogP contribution in [0.15, 0.2) is 27.8 Å². The first-order chi connectivity index (χ1) is 15.5. The molecule has 0 saturated heterocycles. The fourth-order valence-electron chi connectivity index (χ4n) is 3.26. The number of imidazole rings is 1. The first kappa shape index (κ1) is 22.3. The zero-order valence-corrected chi connectivity index (χ0v) is 18.0. The molecule has 3 aromatic rings. The molecule has 0 aliphatic rings. The minimum Gasteiger partial charge on any atom is -0.493 e. The lowest BCUT2D eigenvalue weighted by molar-refractivity contribution is 0.355. The van der Waals surface area contributed by atoms with E-state index in [4.69, 9.17) is 21.2 Å². The largest absolute Gasteiger partial charge is 0.493 e. The number of methoxy groups -OCH3 is 2. The molecule has 1 aromatic carbocycles. The fourth-order valence-corrected chi connectivity index (χ4v) is 3.26. The highest BCUT2D eigenvalue weighted by Gasteiger charge is 2.19. The van der Waals surface area contributed by atoms with Crippen molar-refractivity contribution < 1.29 is 9.47 Å². The minimum absolute atomic E-state index is 0.163. The van der Waals surface area contributed by atoms with Crippen LogP contribution in [-0.4, -0.2) is 32.9 Å². The number of hydrogen-bond acceptors (Lipinski definition) is 6. The van der Waals surface area contributed by atoms with Crippen LogP contribution in [0.2, 0.25) is 0 Å². The van der Waals surface area contributed by atoms with Gasteiger partial charge in [0, 0.05) is 25.6 Å². The summed E-state index contributed by atoms with van der Waals surface area (Å²) in [5.41, 5.74) is -0.00543. The number of terminal acetylenes is 1. The number of nitrogens with zero attached hydrogens (tertiary/aromatic N) is 5. The lowest BCUT2D eigenvalue weighted by Crippen LogP contribution is -2.40. The molecule has 9 nitrogen and oxygen atoms in total. The smallest absolute Gasteiger partial charge is 0.333 e. The first-order valence-electron chi connectivity index (χ1n) is 9.71. The van der Waals surface area contributed by atoms with Gasteiger partial charge < -0.3 is 14.0 Å². The number of nitriles is 1. The van der Waals surface area contributed by atoms with E-state index in [1.54, 1.807) is 36.9 Å². The van der Waals surface area contributed by atoms with E-state index in [1.165, 1.54) is 11.7 Å². The summed E-state index contributed by atoms with van der Waals surface area (Å²) >= 11 is 0. The highest BCUT2D eigenvalue weighted by atomic mass is 16.5. The van der Waals surface area contributed by atoms with Crippen molar-refractivity contribution in [2.45, 2.75) is 25.9 Å². The van der Waals surface area contributed by atoms with Gasteiger partial charge in [-0.15, -0.1) is 6.42 Å². The number of ether oxygens (including phenoxy) is 2. The van der Waals surface area contributed by atoms with Crippen molar-refractivity contribution in [3.63, 3.8) is 0 Å². The highest BCUT2D eigenvalue weighted by Crippen LogP contribution is 2.27. The van der Waals surface area contributed by atoms with E-state index in [1.807, 2.05) is 6.07 Å². The molecule has 32 heavy (non-hydrogen) atoms. The zero-order valence-electron chi connectivity index (χ0n) is 18.0. The Kier molecular flexibility index (Phi) is 6.68. The van der Waals surface area contributed by atoms with E-state index in [0.717, 1.165) is 4.57 Å². The van der Waals surface area contributed by atoms with E-state index < -0.39 is 11.2 Å². The van der Waals surface area contributed by atoms with Gasteiger partial charge in [0.05, 0.1) is 26.8 Å². The van der Waals surface area contributed by atoms with Gasteiger partial charge in [-0.05, 0) is 30.5 Å². The monoisotopic (exact) mass is 431 g/mol. The van der Waals surface area contributed by atoms with E-state index in [2.05, 4.69) is 22.7 Å². The van der Waals surface area contributed by atoms with Crippen LogP contribution in [0.3, 0.4) is 0 Å². The zero-order chi connectivity index (χ0) is 23.3. The molecule has 9 heteroatoms. The predicted molar refractivity (Wildman–Crippen MR) is 118 cm³/mol. The third-order valence-corrected chi connectivity index (χ3v) is 4.86. The van der Waals surface area contributed by atoms with Crippen molar-refractivity contribution in [1.82, 2.24) is 18.7 Å². The number of aromatic nitrogens is 4. The van der Waals surface area contributed by atoms with Gasteiger partial charge >= 0.3 is 5.69 Å². The predicted octanol–water partition coefficient (Wildman–Crippen LogP) is 1.25. The molecular formula is C23H21N5O4. The molecular weight excluding hydrogens is 410 g/mol. The molecule has 0 aliphatic carbocycles. The number of rotatable bonds is 6. The quantitative estimate of drug-likeness (QED) is 0.430. The Hall–Kier alpha value is -4.42. The van der Waals surface area contributed by atoms with Crippen molar-refractivity contribution in [3.8, 4) is 41.8 Å². The van der Waals surface area contributed by atoms with Crippen LogP contribution in [0.4, 0.5) is 0 Å². The van der Waals surface area contributed by atoms with Gasteiger partial charge in [-0.3, -0.25) is 9.36 Å². The molecule has 2 aromatic heterocycles. The molecule has 0 fully saturated rings. The van der Waals surface area contributed by atoms with E-state index in [9.17, 15) is 9.59 Å². The normalized spacial score (nSPS) is 10.2. The minimum atomic E-state index is -0.559. The molecule has 0 unspecified atom stereocenters. The van der Waals surface area contributed by atoms with E-state index in [-0.39, 0.29) is 30.7 Å². The lowest BCUT2D eigenvalue weighted by atomic mass is 10.2. The third kappa shape index (κ3) is 4.08. The number of fused-ring (bicyclic) bond motifs is 1. The summed E-state index contributed by atoms with van der Waals surface area (Å²) in [6.07, 6.45) is 6.05. The summed E-state index contributed by atoms with van der Waals surface area (Å²) < 4.78 is 14.4. The van der Waals surface area contributed by atoms with Gasteiger partial charge in [0.1, 0.15) is 0 Å². The summed E-state index contributed by atoms with van der Waals surface area (Å²) in [4.78, 5) is 30.3. The van der Waals surface area contributed by atoms with E-state index >= 15 is 0 Å². The molecule has 0 aliphatic heterocycles. The maximum atomic E-state index is 12.9. The Morgan fingerprint density at radius 2 is 1.88 bits per heavy atom. The second-order valence-electron chi connectivity index (χ2n) is 6.78. The van der Waals surface area contributed by atoms with Crippen molar-refractivity contribution in [2.24, 2.45) is 7.05 Å². The van der Waals surface area contributed by atoms with Crippen molar-refractivity contribution in [3.05, 3.63) is 50.4 Å². The van der Waals surface area contributed by atoms with Crippen LogP contribution in [0.5, 0.6) is 11.5 Å². The van der Waals surface area contributed by atoms with Crippen molar-refractivity contribution in [2.75, 3.05) is 14.2 Å². The van der Waals surface area contributed by atoms with Crippen LogP contribution < -0.4 is 20.7 Å². The topological polar surface area (TPSA) is 104 Å². The second kappa shape index (κ2) is 9.59. The Balaban J connectivity index is 2.17. The van der Waals surface area contributed by atoms with Crippen molar-refractivity contribution in [1.29, 1.82) is 5.26 Å². The van der Waals surface area contributed by atoms with Crippen molar-refractivity contribution >= 4 is 11.2 Å². The number of aryl methyl sites for hydroxylation is 2. The molecule has 0 radical (unpaired) electrons. The summed E-state index contributed by atoms with van der Waals surface area (Å²) in [6.45, 7) is 0.0665.